The van der Waals surface area contributed by atoms with Crippen molar-refractivity contribution >= 4 is 60.5 Å². The minimum atomic E-state index is 0.630. The molecule has 0 bridgehead atoms. The molecule has 12 aromatic rings. The summed E-state index contributed by atoms with van der Waals surface area (Å²) in [6, 6.07) is 86.9. The van der Waals surface area contributed by atoms with E-state index in [0.29, 0.717) is 5.89 Å². The van der Waals surface area contributed by atoms with Crippen molar-refractivity contribution in [3.8, 4) is 56.0 Å². The lowest BCUT2D eigenvalue weighted by Crippen LogP contribution is -2.11. The highest BCUT2D eigenvalue weighted by atomic mass is 16.3. The molecule has 0 saturated heterocycles. The lowest BCUT2D eigenvalue weighted by molar-refractivity contribution is 0.620. The zero-order chi connectivity index (χ0) is 42.4. The van der Waals surface area contributed by atoms with Gasteiger partial charge in [-0.2, -0.15) is 0 Å². The van der Waals surface area contributed by atoms with Crippen LogP contribution in [-0.2, 0) is 0 Å². The molecule has 0 amide bonds. The smallest absolute Gasteiger partial charge is 0.227 e. The Hall–Kier alpha value is -8.53. The molecular formula is C61H40N2O. The summed E-state index contributed by atoms with van der Waals surface area (Å²) in [5, 5.41) is 6.94. The van der Waals surface area contributed by atoms with Gasteiger partial charge in [0.15, 0.2) is 5.58 Å². The largest absolute Gasteiger partial charge is 0.436 e. The molecule has 0 saturated carbocycles. The quantitative estimate of drug-likeness (QED) is 0.153. The fraction of sp³-hybridized carbons (Fsp3) is 0. The summed E-state index contributed by atoms with van der Waals surface area (Å²) in [6.45, 7) is 0. The summed E-state index contributed by atoms with van der Waals surface area (Å²) in [5.41, 5.74) is 15.3. The fourth-order valence-electron chi connectivity index (χ4n) is 9.17. The van der Waals surface area contributed by atoms with Crippen LogP contribution in [0.1, 0.15) is 0 Å². The first-order valence-electron chi connectivity index (χ1n) is 21.8. The van der Waals surface area contributed by atoms with E-state index in [1.54, 1.807) is 0 Å². The van der Waals surface area contributed by atoms with E-state index in [9.17, 15) is 0 Å². The van der Waals surface area contributed by atoms with Crippen molar-refractivity contribution in [3.63, 3.8) is 0 Å². The van der Waals surface area contributed by atoms with Crippen molar-refractivity contribution in [2.75, 3.05) is 4.90 Å². The van der Waals surface area contributed by atoms with E-state index in [1.165, 1.54) is 43.8 Å². The van der Waals surface area contributed by atoms with Gasteiger partial charge in [0.2, 0.25) is 5.89 Å². The van der Waals surface area contributed by atoms with Gasteiger partial charge in [-0.25, -0.2) is 4.98 Å². The zero-order valence-electron chi connectivity index (χ0n) is 34.9. The van der Waals surface area contributed by atoms with E-state index >= 15 is 0 Å². The number of hydrogen-bond acceptors (Lipinski definition) is 3. The number of para-hydroxylation sites is 1. The van der Waals surface area contributed by atoms with Crippen LogP contribution >= 0.6 is 0 Å². The van der Waals surface area contributed by atoms with E-state index in [4.69, 9.17) is 9.40 Å². The highest BCUT2D eigenvalue weighted by Crippen LogP contribution is 2.43. The maximum atomic E-state index is 6.34. The third-order valence-corrected chi connectivity index (χ3v) is 12.4. The Balaban J connectivity index is 0.926. The van der Waals surface area contributed by atoms with Gasteiger partial charge in [-0.05, 0) is 133 Å². The van der Waals surface area contributed by atoms with E-state index < -0.39 is 0 Å². The lowest BCUT2D eigenvalue weighted by Gasteiger charge is -2.28. The normalized spacial score (nSPS) is 11.4. The van der Waals surface area contributed by atoms with Gasteiger partial charge in [0.05, 0.1) is 5.69 Å². The molecule has 1 aromatic heterocycles. The molecular weight excluding hydrogens is 777 g/mol. The molecule has 0 spiro atoms. The average molecular weight is 817 g/mol. The fourth-order valence-corrected chi connectivity index (χ4v) is 9.17. The molecule has 0 aliphatic heterocycles. The zero-order valence-corrected chi connectivity index (χ0v) is 34.9. The number of oxazole rings is 1. The van der Waals surface area contributed by atoms with E-state index in [-0.39, 0.29) is 0 Å². The van der Waals surface area contributed by atoms with E-state index in [1.807, 2.05) is 6.07 Å². The lowest BCUT2D eigenvalue weighted by atomic mass is 9.95. The highest BCUT2D eigenvalue weighted by Gasteiger charge is 2.19. The summed E-state index contributed by atoms with van der Waals surface area (Å²) in [7, 11) is 0. The molecule has 1 heterocycles. The predicted octanol–water partition coefficient (Wildman–Crippen LogP) is 17.1. The summed E-state index contributed by atoms with van der Waals surface area (Å²) in [5.74, 6) is 0.630. The van der Waals surface area contributed by atoms with Crippen LogP contribution < -0.4 is 4.90 Å². The molecule has 0 radical (unpaired) electrons. The summed E-state index contributed by atoms with van der Waals surface area (Å²) < 4.78 is 6.34. The number of fused-ring (bicyclic) bond motifs is 5. The number of aromatic nitrogens is 1. The first-order chi connectivity index (χ1) is 31.7. The van der Waals surface area contributed by atoms with Gasteiger partial charge < -0.3 is 9.32 Å². The molecule has 300 valence electrons. The number of rotatable bonds is 8. The van der Waals surface area contributed by atoms with Gasteiger partial charge in [-0.1, -0.05) is 176 Å². The van der Waals surface area contributed by atoms with Crippen molar-refractivity contribution in [1.82, 2.24) is 4.98 Å². The van der Waals surface area contributed by atoms with Crippen LogP contribution in [0.5, 0.6) is 0 Å². The van der Waals surface area contributed by atoms with Crippen molar-refractivity contribution in [2.45, 2.75) is 0 Å². The molecule has 3 nitrogen and oxygen atoms in total. The first-order valence-corrected chi connectivity index (χ1v) is 21.8. The van der Waals surface area contributed by atoms with Gasteiger partial charge >= 0.3 is 0 Å². The van der Waals surface area contributed by atoms with Crippen LogP contribution in [0.25, 0.3) is 99.4 Å². The third-order valence-electron chi connectivity index (χ3n) is 12.4. The van der Waals surface area contributed by atoms with E-state index in [0.717, 1.165) is 66.8 Å². The van der Waals surface area contributed by atoms with Gasteiger partial charge in [0.1, 0.15) is 5.52 Å². The number of nitrogens with zero attached hydrogens (tertiary/aromatic N) is 2. The average Bonchev–Trinajstić information content (AvgIpc) is 3.82. The van der Waals surface area contributed by atoms with Crippen LogP contribution in [-0.4, -0.2) is 4.98 Å². The summed E-state index contributed by atoms with van der Waals surface area (Å²) >= 11 is 0. The Morgan fingerprint density at radius 3 is 1.67 bits per heavy atom. The minimum Gasteiger partial charge on any atom is -0.436 e. The molecule has 12 rings (SSSR count). The van der Waals surface area contributed by atoms with Gasteiger partial charge in [-0.15, -0.1) is 0 Å². The van der Waals surface area contributed by atoms with Crippen molar-refractivity contribution < 1.29 is 4.42 Å². The Labute approximate surface area is 371 Å². The Morgan fingerprint density at radius 2 is 0.828 bits per heavy atom. The van der Waals surface area contributed by atoms with Gasteiger partial charge in [0, 0.05) is 27.9 Å². The maximum absolute atomic E-state index is 6.34. The molecule has 11 aromatic carbocycles. The summed E-state index contributed by atoms with van der Waals surface area (Å²) in [4.78, 5) is 7.43. The van der Waals surface area contributed by atoms with Gasteiger partial charge in [0.25, 0.3) is 0 Å². The molecule has 64 heavy (non-hydrogen) atoms. The second-order valence-electron chi connectivity index (χ2n) is 16.4. The molecule has 0 atom stereocenters. The Bertz CT molecular complexity index is 3670. The van der Waals surface area contributed by atoms with Crippen molar-refractivity contribution in [3.05, 3.63) is 243 Å². The van der Waals surface area contributed by atoms with Gasteiger partial charge in [-0.3, -0.25) is 0 Å². The third kappa shape index (κ3) is 6.86. The van der Waals surface area contributed by atoms with Crippen LogP contribution in [0.3, 0.4) is 0 Å². The van der Waals surface area contributed by atoms with Crippen LogP contribution in [0.4, 0.5) is 17.1 Å². The molecule has 0 unspecified atom stereocenters. The predicted molar refractivity (Wildman–Crippen MR) is 268 cm³/mol. The van der Waals surface area contributed by atoms with Crippen molar-refractivity contribution in [1.29, 1.82) is 0 Å². The van der Waals surface area contributed by atoms with Crippen molar-refractivity contribution in [2.24, 2.45) is 0 Å². The number of anilines is 3. The molecule has 0 N–H and O–H groups in total. The molecule has 0 aliphatic rings. The monoisotopic (exact) mass is 816 g/mol. The standard InChI is InChI=1S/C61H40N2O/c1-3-12-41(13-4-1)44-26-31-54(32-27-44)63(55-33-28-48-36-47(23-24-50(48)40-55)42-14-5-2-6-15-42)58-21-10-9-20-56(58)51-19-11-18-46(37-51)49-29-34-57-52(38-49)30-35-59-60(57)62-61(64-59)53-25-22-43-16-7-8-17-45(43)39-53/h1-40H. The Morgan fingerprint density at radius 1 is 0.312 bits per heavy atom. The number of hydrogen-bond donors (Lipinski definition) is 0. The van der Waals surface area contributed by atoms with Crippen LogP contribution in [0.2, 0.25) is 0 Å². The molecule has 0 aliphatic carbocycles. The highest BCUT2D eigenvalue weighted by molar-refractivity contribution is 6.06. The second-order valence-corrected chi connectivity index (χ2v) is 16.4. The molecule has 0 fully saturated rings. The maximum Gasteiger partial charge on any atom is 0.227 e. The first kappa shape index (κ1) is 37.2. The topological polar surface area (TPSA) is 29.3 Å². The minimum absolute atomic E-state index is 0.630. The SMILES string of the molecule is c1ccc(-c2ccc(N(c3ccc4cc(-c5ccccc5)ccc4c3)c3ccccc3-c3cccc(-c4ccc5c(ccc6oc(-c7ccc8ccccc8c7)nc65)c4)c3)cc2)cc1. The second kappa shape index (κ2) is 15.7. The summed E-state index contributed by atoms with van der Waals surface area (Å²) in [6.07, 6.45) is 0. The Kier molecular flexibility index (Phi) is 9.16. The van der Waals surface area contributed by atoms with E-state index in [2.05, 4.69) is 241 Å². The number of benzene rings is 11. The van der Waals surface area contributed by atoms with Crippen LogP contribution in [0.15, 0.2) is 247 Å². The van der Waals surface area contributed by atoms with Crippen LogP contribution in [0, 0.1) is 0 Å². The molecule has 3 heteroatoms.